The second-order valence-electron chi connectivity index (χ2n) is 6.77. The van der Waals surface area contributed by atoms with Crippen molar-refractivity contribution in [3.05, 3.63) is 59.7 Å². The van der Waals surface area contributed by atoms with Crippen LogP contribution < -0.4 is 5.32 Å². The summed E-state index contributed by atoms with van der Waals surface area (Å²) in [6, 6.07) is 7.05. The van der Waals surface area contributed by atoms with E-state index in [1.807, 2.05) is 0 Å². The van der Waals surface area contributed by atoms with Crippen LogP contribution in [0.3, 0.4) is 0 Å². The van der Waals surface area contributed by atoms with E-state index < -0.39 is 34.3 Å². The van der Waals surface area contributed by atoms with E-state index in [0.717, 1.165) is 5.32 Å². The van der Waals surface area contributed by atoms with Gasteiger partial charge in [0.1, 0.15) is 0 Å². The van der Waals surface area contributed by atoms with Gasteiger partial charge in [0.05, 0.1) is 0 Å². The molecule has 11 nitrogen and oxygen atoms in total. The zero-order valence-corrected chi connectivity index (χ0v) is 14.5. The Labute approximate surface area is 159 Å². The minimum Gasteiger partial charge on any atom is -0.367 e. The van der Waals surface area contributed by atoms with Gasteiger partial charge in [0.15, 0.2) is 5.72 Å². The van der Waals surface area contributed by atoms with Crippen molar-refractivity contribution in [3.8, 4) is 0 Å². The normalized spacial score (nSPS) is 27.7. The molecule has 1 heterocycles. The number of hydrogen-bond acceptors (Lipinski definition) is 11. The molecule has 1 aliphatic heterocycles. The maximum absolute atomic E-state index is 11.6. The number of piperazine rings is 1. The third-order valence-electron chi connectivity index (χ3n) is 4.87. The average molecular weight is 398 g/mol. The summed E-state index contributed by atoms with van der Waals surface area (Å²) in [7, 11) is 0. The summed E-state index contributed by atoms with van der Waals surface area (Å²) in [5.74, 6) is -15.9. The molecule has 0 amide bonds. The smallest absolute Gasteiger partial charge is 0.305 e. The molecule has 1 atom stereocenters. The van der Waals surface area contributed by atoms with E-state index in [-0.39, 0.29) is 17.6 Å². The molecule has 1 fully saturated rings. The van der Waals surface area contributed by atoms with Crippen LogP contribution in [0.5, 0.6) is 0 Å². The summed E-state index contributed by atoms with van der Waals surface area (Å²) in [6.07, 6.45) is 5.06. The molecule has 1 unspecified atom stereocenters. The van der Waals surface area contributed by atoms with E-state index in [9.17, 15) is 46.0 Å². The van der Waals surface area contributed by atoms with Crippen LogP contribution in [-0.4, -0.2) is 74.5 Å². The van der Waals surface area contributed by atoms with E-state index in [1.165, 1.54) is 36.4 Å². The predicted molar refractivity (Wildman–Crippen MR) is 90.4 cm³/mol. The van der Waals surface area contributed by atoms with Gasteiger partial charge in [-0.05, 0) is 18.4 Å². The van der Waals surface area contributed by atoms with E-state index in [2.05, 4.69) is 0 Å². The highest BCUT2D eigenvalue weighted by molar-refractivity contribution is 5.37. The summed E-state index contributed by atoms with van der Waals surface area (Å²) in [4.78, 5) is -0.399. The first-order chi connectivity index (χ1) is 12.8. The Morgan fingerprint density at radius 2 is 1.39 bits per heavy atom. The second kappa shape index (κ2) is 6.38. The first-order valence-corrected chi connectivity index (χ1v) is 8.31. The summed E-state index contributed by atoms with van der Waals surface area (Å²) in [6.45, 7) is 0. The first kappa shape index (κ1) is 21.0. The van der Waals surface area contributed by atoms with Gasteiger partial charge in [-0.2, -0.15) is 4.90 Å². The Balaban J connectivity index is 2.34. The first-order valence-electron chi connectivity index (χ1n) is 8.31. The number of aliphatic hydroxyl groups is 9. The van der Waals surface area contributed by atoms with Crippen LogP contribution in [-0.2, 0) is 5.72 Å². The molecule has 1 aliphatic carbocycles. The minimum atomic E-state index is -4.03. The summed E-state index contributed by atoms with van der Waals surface area (Å²) in [5, 5.41) is 94.3. The molecule has 0 radical (unpaired) electrons. The molecule has 1 saturated heterocycles. The van der Waals surface area contributed by atoms with Crippen LogP contribution in [0.15, 0.2) is 54.1 Å². The zero-order chi connectivity index (χ0) is 21.0. The highest BCUT2D eigenvalue weighted by atomic mass is 16.7. The topological polar surface area (TPSA) is 197 Å². The quantitative estimate of drug-likeness (QED) is 0.227. The van der Waals surface area contributed by atoms with Crippen molar-refractivity contribution in [3.63, 3.8) is 0 Å². The van der Waals surface area contributed by atoms with E-state index in [0.29, 0.717) is 6.42 Å². The molecule has 0 saturated carbocycles. The molecule has 2 aliphatic rings. The minimum absolute atomic E-state index is 0.0188. The van der Waals surface area contributed by atoms with Gasteiger partial charge in [0.25, 0.3) is 11.8 Å². The fourth-order valence-corrected chi connectivity index (χ4v) is 3.41. The summed E-state index contributed by atoms with van der Waals surface area (Å²) < 4.78 is 0. The molecular weight excluding hydrogens is 376 g/mol. The maximum atomic E-state index is 11.6. The molecule has 1 aromatic rings. The summed E-state index contributed by atoms with van der Waals surface area (Å²) >= 11 is 0. The fraction of sp³-hybridized carbons (Fsp3) is 0.412. The predicted octanol–water partition coefficient (Wildman–Crippen LogP) is -3.43. The van der Waals surface area contributed by atoms with Crippen LogP contribution in [0.4, 0.5) is 0 Å². The number of rotatable bonds is 3. The van der Waals surface area contributed by atoms with Crippen molar-refractivity contribution >= 4 is 0 Å². The van der Waals surface area contributed by atoms with E-state index >= 15 is 0 Å². The van der Waals surface area contributed by atoms with Crippen LogP contribution >= 0.6 is 0 Å². The standard InChI is InChI=1S/C17H22N2O9/c20-13(11-7-3-1-4-8-11,12-9-5-2-6-10-12)19-16(25,26)14(21,22)18-15(23,24)17(19,27)28/h1-5,7-9,18,20-28H,6,10H2. The van der Waals surface area contributed by atoms with Gasteiger partial charge in [-0.3, -0.25) is 0 Å². The Bertz CT molecular complexity index is 778. The van der Waals surface area contributed by atoms with Gasteiger partial charge in [0.2, 0.25) is 0 Å². The molecule has 0 bridgehead atoms. The van der Waals surface area contributed by atoms with Crippen LogP contribution in [0.2, 0.25) is 0 Å². The lowest BCUT2D eigenvalue weighted by atomic mass is 9.85. The highest BCUT2D eigenvalue weighted by Crippen LogP contribution is 2.49. The van der Waals surface area contributed by atoms with Crippen LogP contribution in [0, 0.1) is 0 Å². The third-order valence-corrected chi connectivity index (χ3v) is 4.87. The lowest BCUT2D eigenvalue weighted by molar-refractivity contribution is -0.586. The molecule has 3 rings (SSSR count). The van der Waals surface area contributed by atoms with E-state index in [1.54, 1.807) is 12.1 Å². The molecule has 0 spiro atoms. The number of nitrogens with zero attached hydrogens (tertiary/aromatic N) is 1. The number of hydrogen-bond donors (Lipinski definition) is 10. The van der Waals surface area contributed by atoms with Crippen molar-refractivity contribution in [2.75, 3.05) is 0 Å². The van der Waals surface area contributed by atoms with Gasteiger partial charge in [-0.25, -0.2) is 5.32 Å². The molecule has 1 aromatic carbocycles. The molecular formula is C17H22N2O9. The molecule has 11 heteroatoms. The molecule has 0 aromatic heterocycles. The van der Waals surface area contributed by atoms with Crippen LogP contribution in [0.25, 0.3) is 0 Å². The second-order valence-corrected chi connectivity index (χ2v) is 6.77. The Morgan fingerprint density at radius 1 is 0.857 bits per heavy atom. The maximum Gasteiger partial charge on any atom is 0.305 e. The zero-order valence-electron chi connectivity index (χ0n) is 14.5. The largest absolute Gasteiger partial charge is 0.367 e. The Hall–Kier alpha value is -1.74. The molecule has 28 heavy (non-hydrogen) atoms. The molecule has 154 valence electrons. The van der Waals surface area contributed by atoms with Crippen molar-refractivity contribution in [1.29, 1.82) is 0 Å². The Morgan fingerprint density at radius 3 is 1.86 bits per heavy atom. The molecule has 10 N–H and O–H groups in total. The fourth-order valence-electron chi connectivity index (χ4n) is 3.41. The van der Waals surface area contributed by atoms with Crippen LogP contribution in [0.1, 0.15) is 18.4 Å². The monoisotopic (exact) mass is 398 g/mol. The van der Waals surface area contributed by atoms with Gasteiger partial charge < -0.3 is 46.0 Å². The SMILES string of the molecule is OC(C1=CC=CCC1)(c1ccccc1)N1C(O)(O)C(O)(O)NC(O)(O)C1(O)O. The van der Waals surface area contributed by atoms with Crippen molar-refractivity contribution in [1.82, 2.24) is 10.2 Å². The van der Waals surface area contributed by atoms with Gasteiger partial charge >= 0.3 is 11.8 Å². The van der Waals surface area contributed by atoms with Crippen molar-refractivity contribution in [2.24, 2.45) is 0 Å². The van der Waals surface area contributed by atoms with Gasteiger partial charge in [-0.15, -0.1) is 0 Å². The van der Waals surface area contributed by atoms with Crippen molar-refractivity contribution in [2.45, 2.75) is 42.2 Å². The van der Waals surface area contributed by atoms with E-state index in [4.69, 9.17) is 0 Å². The Kier molecular flexibility index (Phi) is 4.78. The van der Waals surface area contributed by atoms with Crippen molar-refractivity contribution < 1.29 is 46.0 Å². The van der Waals surface area contributed by atoms with Gasteiger partial charge in [-0.1, -0.05) is 48.6 Å². The lowest BCUT2D eigenvalue weighted by Gasteiger charge is -2.60. The number of benzene rings is 1. The lowest BCUT2D eigenvalue weighted by Crippen LogP contribution is -2.92. The third kappa shape index (κ3) is 2.82. The number of nitrogens with one attached hydrogen (secondary N) is 1. The summed E-state index contributed by atoms with van der Waals surface area (Å²) in [5.41, 5.74) is -2.99. The highest BCUT2D eigenvalue weighted by Gasteiger charge is 2.77. The van der Waals surface area contributed by atoms with Gasteiger partial charge in [0, 0.05) is 5.56 Å². The number of allylic oxidation sites excluding steroid dienone is 3. The average Bonchev–Trinajstić information content (AvgIpc) is 2.60.